The minimum absolute atomic E-state index is 0.0451. The topological polar surface area (TPSA) is 57.0 Å². The second kappa shape index (κ2) is 6.78. The van der Waals surface area contributed by atoms with Gasteiger partial charge in [-0.2, -0.15) is 13.2 Å². The number of rotatable bonds is 6. The number of ether oxygens (including phenoxy) is 1. The molecule has 0 N–H and O–H groups in total. The van der Waals surface area contributed by atoms with Gasteiger partial charge in [0.25, 0.3) is 0 Å². The maximum absolute atomic E-state index is 12.0. The van der Waals surface area contributed by atoms with E-state index in [1.807, 2.05) is 6.92 Å². The van der Waals surface area contributed by atoms with E-state index >= 15 is 0 Å². The van der Waals surface area contributed by atoms with Gasteiger partial charge >= 0.3 is 11.5 Å². The van der Waals surface area contributed by atoms with Crippen LogP contribution >= 0.6 is 11.8 Å². The molecular weight excluding hydrogens is 283 g/mol. The summed E-state index contributed by atoms with van der Waals surface area (Å²) >= 11 is -0.126. The molecule has 0 fully saturated rings. The zero-order valence-corrected chi connectivity index (χ0v) is 11.3. The molecule has 0 spiro atoms. The van der Waals surface area contributed by atoms with E-state index in [0.717, 1.165) is 6.42 Å². The van der Waals surface area contributed by atoms with E-state index in [0.29, 0.717) is 12.1 Å². The van der Waals surface area contributed by atoms with Gasteiger partial charge in [-0.05, 0) is 18.2 Å². The first-order chi connectivity index (χ1) is 8.89. The summed E-state index contributed by atoms with van der Waals surface area (Å²) in [6.45, 7) is 1.94. The molecule has 1 heterocycles. The molecule has 0 amide bonds. The monoisotopic (exact) mass is 297 g/mol. The smallest absolute Gasteiger partial charge is 0.441 e. The number of carbonyl (C=O) groups is 1. The third-order valence-corrected chi connectivity index (χ3v) is 2.99. The molecule has 19 heavy (non-hydrogen) atoms. The van der Waals surface area contributed by atoms with Crippen LogP contribution in [0.5, 0.6) is 0 Å². The fourth-order valence-electron chi connectivity index (χ4n) is 1.50. The number of alkyl halides is 3. The number of esters is 1. The van der Waals surface area contributed by atoms with Gasteiger partial charge in [0.1, 0.15) is 0 Å². The normalized spacial score (nSPS) is 11.6. The number of halogens is 3. The molecule has 0 aliphatic heterocycles. The van der Waals surface area contributed by atoms with E-state index in [4.69, 9.17) is 0 Å². The predicted molar refractivity (Wildman–Crippen MR) is 63.9 cm³/mol. The number of thioether (sulfide) groups is 1. The summed E-state index contributed by atoms with van der Waals surface area (Å²) in [5.41, 5.74) is -3.69. The Morgan fingerprint density at radius 3 is 2.68 bits per heavy atom. The van der Waals surface area contributed by atoms with Crippen molar-refractivity contribution in [3.05, 3.63) is 11.4 Å². The van der Waals surface area contributed by atoms with E-state index in [9.17, 15) is 18.0 Å². The summed E-state index contributed by atoms with van der Waals surface area (Å²) in [4.78, 5) is 11.4. The summed E-state index contributed by atoms with van der Waals surface area (Å²) in [6, 6.07) is 0. The number of hydrogen-bond acceptors (Lipinski definition) is 5. The molecule has 0 saturated carbocycles. The number of hydrogen-bond donors (Lipinski definition) is 0. The van der Waals surface area contributed by atoms with Crippen molar-refractivity contribution in [2.75, 3.05) is 12.9 Å². The Morgan fingerprint density at radius 2 is 2.16 bits per heavy atom. The molecule has 0 atom stereocenters. The lowest BCUT2D eigenvalue weighted by molar-refractivity contribution is -0.0328. The lowest BCUT2D eigenvalue weighted by Crippen LogP contribution is -2.12. The summed E-state index contributed by atoms with van der Waals surface area (Å²) in [6.07, 6.45) is 1.23. The van der Waals surface area contributed by atoms with Crippen molar-refractivity contribution in [2.45, 2.75) is 31.8 Å². The fraction of sp³-hybridized carbons (Fsp3) is 0.700. The largest absolute Gasteiger partial charge is 0.464 e. The predicted octanol–water partition coefficient (Wildman–Crippen LogP) is 2.27. The van der Waals surface area contributed by atoms with Gasteiger partial charge in [0.2, 0.25) is 0 Å². The molecule has 108 valence electrons. The molecule has 9 heteroatoms. The second-order valence-corrected chi connectivity index (χ2v) is 4.80. The lowest BCUT2D eigenvalue weighted by Gasteiger charge is -2.08. The summed E-state index contributed by atoms with van der Waals surface area (Å²) in [5, 5.41) is 7.38. The molecule has 0 saturated heterocycles. The third kappa shape index (κ3) is 4.73. The van der Waals surface area contributed by atoms with Crippen molar-refractivity contribution in [2.24, 2.45) is 0 Å². The highest BCUT2D eigenvalue weighted by Gasteiger charge is 2.28. The Hall–Kier alpha value is -1.25. The standard InChI is InChI=1S/C10H14F3N3O2S/c1-3-4-7-8(9(17)18-2)14-15-16(7)5-6-19-10(11,12)13/h3-6H2,1-2H3. The van der Waals surface area contributed by atoms with E-state index < -0.39 is 11.5 Å². The zero-order valence-electron chi connectivity index (χ0n) is 10.5. The summed E-state index contributed by atoms with van der Waals surface area (Å²) in [7, 11) is 1.22. The number of methoxy groups -OCH3 is 1. The fourth-order valence-corrected chi connectivity index (χ4v) is 2.00. The highest BCUT2D eigenvalue weighted by molar-refractivity contribution is 8.00. The van der Waals surface area contributed by atoms with E-state index in [1.54, 1.807) is 0 Å². The van der Waals surface area contributed by atoms with Crippen LogP contribution in [0.3, 0.4) is 0 Å². The molecule has 0 bridgehead atoms. The van der Waals surface area contributed by atoms with Crippen molar-refractivity contribution >= 4 is 17.7 Å². The van der Waals surface area contributed by atoms with Crippen molar-refractivity contribution < 1.29 is 22.7 Å². The zero-order chi connectivity index (χ0) is 14.5. The van der Waals surface area contributed by atoms with Gasteiger partial charge < -0.3 is 4.74 Å². The van der Waals surface area contributed by atoms with Crippen molar-refractivity contribution in [1.29, 1.82) is 0 Å². The molecule has 1 aromatic rings. The molecule has 1 rings (SSSR count). The highest BCUT2D eigenvalue weighted by atomic mass is 32.2. The van der Waals surface area contributed by atoms with Crippen LogP contribution in [0.15, 0.2) is 0 Å². The van der Waals surface area contributed by atoms with Crippen LogP contribution in [0.1, 0.15) is 29.5 Å². The molecule has 0 aromatic carbocycles. The quantitative estimate of drug-likeness (QED) is 0.754. The average Bonchev–Trinajstić information content (AvgIpc) is 2.71. The molecule has 5 nitrogen and oxygen atoms in total. The van der Waals surface area contributed by atoms with Gasteiger partial charge in [-0.25, -0.2) is 9.48 Å². The van der Waals surface area contributed by atoms with Crippen LogP contribution in [0, 0.1) is 0 Å². The van der Waals surface area contributed by atoms with Crippen molar-refractivity contribution in [1.82, 2.24) is 15.0 Å². The van der Waals surface area contributed by atoms with Crippen molar-refractivity contribution in [3.8, 4) is 0 Å². The lowest BCUT2D eigenvalue weighted by atomic mass is 10.2. The van der Waals surface area contributed by atoms with E-state index in [-0.39, 0.29) is 29.8 Å². The maximum atomic E-state index is 12.0. The third-order valence-electron chi connectivity index (χ3n) is 2.27. The van der Waals surface area contributed by atoms with Gasteiger partial charge in [-0.15, -0.1) is 5.10 Å². The molecular formula is C10H14F3N3O2S. The number of nitrogens with zero attached hydrogens (tertiary/aromatic N) is 3. The molecule has 0 unspecified atom stereocenters. The van der Waals surface area contributed by atoms with Gasteiger partial charge in [0, 0.05) is 5.75 Å². The maximum Gasteiger partial charge on any atom is 0.441 e. The Labute approximate surface area is 112 Å². The van der Waals surface area contributed by atoms with Crippen LogP contribution in [0.2, 0.25) is 0 Å². The first kappa shape index (κ1) is 15.8. The Morgan fingerprint density at radius 1 is 1.47 bits per heavy atom. The molecule has 0 aliphatic rings. The number of aromatic nitrogens is 3. The first-order valence-electron chi connectivity index (χ1n) is 5.60. The highest BCUT2D eigenvalue weighted by Crippen LogP contribution is 2.30. The number of aryl methyl sites for hydroxylation is 1. The minimum Gasteiger partial charge on any atom is -0.464 e. The van der Waals surface area contributed by atoms with Crippen LogP contribution in [0.25, 0.3) is 0 Å². The number of carbonyl (C=O) groups excluding carboxylic acids is 1. The molecule has 0 aliphatic carbocycles. The molecule has 0 radical (unpaired) electrons. The van der Waals surface area contributed by atoms with Crippen LogP contribution < -0.4 is 0 Å². The van der Waals surface area contributed by atoms with Crippen LogP contribution in [-0.2, 0) is 17.7 Å². The van der Waals surface area contributed by atoms with Gasteiger partial charge in [0.05, 0.1) is 19.3 Å². The second-order valence-electron chi connectivity index (χ2n) is 3.64. The van der Waals surface area contributed by atoms with E-state index in [1.165, 1.54) is 11.8 Å². The van der Waals surface area contributed by atoms with Crippen molar-refractivity contribution in [3.63, 3.8) is 0 Å². The van der Waals surface area contributed by atoms with E-state index in [2.05, 4.69) is 15.0 Å². The van der Waals surface area contributed by atoms with Gasteiger partial charge in [-0.1, -0.05) is 18.6 Å². The summed E-state index contributed by atoms with van der Waals surface area (Å²) < 4.78 is 42.0. The van der Waals surface area contributed by atoms with Gasteiger partial charge in [0.15, 0.2) is 5.69 Å². The summed E-state index contributed by atoms with van der Waals surface area (Å²) in [5.74, 6) is -0.803. The Kier molecular flexibility index (Phi) is 5.64. The minimum atomic E-state index is -4.27. The molecule has 1 aromatic heterocycles. The SMILES string of the molecule is CCCc1c(C(=O)OC)nnn1CCSC(F)(F)F. The Bertz CT molecular complexity index is 434. The Balaban J connectivity index is 2.77. The average molecular weight is 297 g/mol. The van der Waals surface area contributed by atoms with Gasteiger partial charge in [-0.3, -0.25) is 0 Å². The first-order valence-corrected chi connectivity index (χ1v) is 6.59. The van der Waals surface area contributed by atoms with Crippen LogP contribution in [-0.4, -0.2) is 39.3 Å². The van der Waals surface area contributed by atoms with Crippen LogP contribution in [0.4, 0.5) is 13.2 Å².